The second kappa shape index (κ2) is 7.59. The van der Waals surface area contributed by atoms with E-state index in [1.165, 1.54) is 0 Å². The van der Waals surface area contributed by atoms with Gasteiger partial charge in [0.2, 0.25) is 0 Å². The summed E-state index contributed by atoms with van der Waals surface area (Å²) < 4.78 is 12.6. The Morgan fingerprint density at radius 1 is 1.23 bits per heavy atom. The molecule has 0 N–H and O–H groups in total. The van der Waals surface area contributed by atoms with Gasteiger partial charge in [-0.2, -0.15) is 0 Å². The lowest BCUT2D eigenvalue weighted by atomic mass is 10.2. The number of hydrogen-bond donors (Lipinski definition) is 0. The zero-order valence-corrected chi connectivity index (χ0v) is 13.2. The van der Waals surface area contributed by atoms with E-state index in [4.69, 9.17) is 9.47 Å². The van der Waals surface area contributed by atoms with Crippen LogP contribution in [0.3, 0.4) is 0 Å². The van der Waals surface area contributed by atoms with Gasteiger partial charge in [0.05, 0.1) is 19.4 Å². The predicted octanol–water partition coefficient (Wildman–Crippen LogP) is 2.69. The van der Waals surface area contributed by atoms with Crippen LogP contribution in [0.1, 0.15) is 42.5 Å². The standard InChI is InChI=1S/C16H21N3O3/c1-12(2)19-16(15(11-20)17-18-19)5-4-10-22-14-8-6-13(21-3)7-9-14/h6-9,11-12H,4-5,10H2,1-3H3. The molecule has 2 rings (SSSR count). The molecule has 0 aliphatic carbocycles. The minimum atomic E-state index is 0.179. The average molecular weight is 303 g/mol. The summed E-state index contributed by atoms with van der Waals surface area (Å²) in [4.78, 5) is 11.0. The van der Waals surface area contributed by atoms with E-state index in [0.717, 1.165) is 29.9 Å². The summed E-state index contributed by atoms with van der Waals surface area (Å²) >= 11 is 0. The van der Waals surface area contributed by atoms with Gasteiger partial charge in [0.15, 0.2) is 6.29 Å². The number of benzene rings is 1. The summed E-state index contributed by atoms with van der Waals surface area (Å²) in [6, 6.07) is 7.64. The van der Waals surface area contributed by atoms with E-state index in [9.17, 15) is 4.79 Å². The lowest BCUT2D eigenvalue weighted by Crippen LogP contribution is -2.10. The molecular weight excluding hydrogens is 282 g/mol. The fourth-order valence-corrected chi connectivity index (χ4v) is 2.18. The summed E-state index contributed by atoms with van der Waals surface area (Å²) in [7, 11) is 1.63. The first-order chi connectivity index (χ1) is 10.7. The number of carbonyl (C=O) groups is 1. The number of methoxy groups -OCH3 is 1. The summed E-state index contributed by atoms with van der Waals surface area (Å²) in [6.07, 6.45) is 2.24. The fraction of sp³-hybridized carbons (Fsp3) is 0.438. The van der Waals surface area contributed by atoms with Crippen molar-refractivity contribution in [2.45, 2.75) is 32.7 Å². The summed E-state index contributed by atoms with van der Waals surface area (Å²) in [5.74, 6) is 1.60. The van der Waals surface area contributed by atoms with E-state index in [2.05, 4.69) is 10.3 Å². The van der Waals surface area contributed by atoms with Crippen LogP contribution in [0.15, 0.2) is 24.3 Å². The van der Waals surface area contributed by atoms with Crippen LogP contribution in [0.5, 0.6) is 11.5 Å². The molecule has 118 valence electrons. The van der Waals surface area contributed by atoms with Gasteiger partial charge in [-0.3, -0.25) is 4.79 Å². The zero-order chi connectivity index (χ0) is 15.9. The van der Waals surface area contributed by atoms with E-state index in [1.807, 2.05) is 38.1 Å². The Labute approximate surface area is 130 Å². The van der Waals surface area contributed by atoms with Crippen LogP contribution in [0.4, 0.5) is 0 Å². The quantitative estimate of drug-likeness (QED) is 0.554. The minimum Gasteiger partial charge on any atom is -0.497 e. The molecule has 1 aromatic heterocycles. The van der Waals surface area contributed by atoms with Crippen LogP contribution in [0.2, 0.25) is 0 Å². The SMILES string of the molecule is COc1ccc(OCCCc2c(C=O)nnn2C(C)C)cc1. The van der Waals surface area contributed by atoms with Crippen LogP contribution < -0.4 is 9.47 Å². The van der Waals surface area contributed by atoms with Crippen LogP contribution in [-0.2, 0) is 6.42 Å². The number of nitrogens with zero attached hydrogens (tertiary/aromatic N) is 3. The zero-order valence-electron chi connectivity index (χ0n) is 13.2. The van der Waals surface area contributed by atoms with Crippen molar-refractivity contribution in [2.75, 3.05) is 13.7 Å². The molecule has 0 saturated carbocycles. The van der Waals surface area contributed by atoms with Crippen molar-refractivity contribution >= 4 is 6.29 Å². The highest BCUT2D eigenvalue weighted by molar-refractivity contribution is 5.73. The molecule has 0 radical (unpaired) electrons. The molecule has 0 spiro atoms. The second-order valence-corrected chi connectivity index (χ2v) is 5.21. The molecule has 22 heavy (non-hydrogen) atoms. The van der Waals surface area contributed by atoms with Crippen molar-refractivity contribution in [3.8, 4) is 11.5 Å². The smallest absolute Gasteiger partial charge is 0.172 e. The van der Waals surface area contributed by atoms with Crippen LogP contribution in [0, 0.1) is 0 Å². The van der Waals surface area contributed by atoms with Crippen molar-refractivity contribution in [3.05, 3.63) is 35.7 Å². The molecule has 2 aromatic rings. The Bertz CT molecular complexity index is 606. The molecule has 0 aliphatic rings. The first-order valence-electron chi connectivity index (χ1n) is 7.31. The van der Waals surface area contributed by atoms with E-state index < -0.39 is 0 Å². The molecule has 0 fully saturated rings. The topological polar surface area (TPSA) is 66.2 Å². The monoisotopic (exact) mass is 303 g/mol. The second-order valence-electron chi connectivity index (χ2n) is 5.21. The highest BCUT2D eigenvalue weighted by Crippen LogP contribution is 2.18. The number of ether oxygens (including phenoxy) is 2. The van der Waals surface area contributed by atoms with Crippen LogP contribution in [0.25, 0.3) is 0 Å². The van der Waals surface area contributed by atoms with Gasteiger partial charge in [-0.25, -0.2) is 4.68 Å². The molecule has 0 saturated heterocycles. The summed E-state index contributed by atoms with van der Waals surface area (Å²) in [5.41, 5.74) is 1.28. The Morgan fingerprint density at radius 2 is 1.91 bits per heavy atom. The number of aromatic nitrogens is 3. The van der Waals surface area contributed by atoms with Crippen molar-refractivity contribution < 1.29 is 14.3 Å². The number of aldehydes is 1. The first-order valence-corrected chi connectivity index (χ1v) is 7.31. The third-order valence-electron chi connectivity index (χ3n) is 3.31. The van der Waals surface area contributed by atoms with Crippen molar-refractivity contribution in [2.24, 2.45) is 0 Å². The summed E-state index contributed by atoms with van der Waals surface area (Å²) in [5, 5.41) is 7.93. The average Bonchev–Trinajstić information content (AvgIpc) is 2.95. The molecule has 1 heterocycles. The van der Waals surface area contributed by atoms with Crippen LogP contribution >= 0.6 is 0 Å². The van der Waals surface area contributed by atoms with Gasteiger partial charge in [0.1, 0.15) is 17.2 Å². The fourth-order valence-electron chi connectivity index (χ4n) is 2.18. The lowest BCUT2D eigenvalue weighted by Gasteiger charge is -2.10. The highest BCUT2D eigenvalue weighted by atomic mass is 16.5. The molecule has 1 aromatic carbocycles. The van der Waals surface area contributed by atoms with E-state index in [1.54, 1.807) is 11.8 Å². The van der Waals surface area contributed by atoms with Gasteiger partial charge < -0.3 is 9.47 Å². The molecule has 0 bridgehead atoms. The van der Waals surface area contributed by atoms with E-state index >= 15 is 0 Å². The molecular formula is C16H21N3O3. The number of carbonyl (C=O) groups excluding carboxylic acids is 1. The Morgan fingerprint density at radius 3 is 2.50 bits per heavy atom. The first kappa shape index (κ1) is 16.0. The van der Waals surface area contributed by atoms with E-state index in [-0.39, 0.29) is 6.04 Å². The largest absolute Gasteiger partial charge is 0.497 e. The van der Waals surface area contributed by atoms with Crippen molar-refractivity contribution in [1.29, 1.82) is 0 Å². The molecule has 0 aliphatic heterocycles. The normalized spacial score (nSPS) is 10.7. The Kier molecular flexibility index (Phi) is 5.52. The van der Waals surface area contributed by atoms with Crippen molar-refractivity contribution in [3.63, 3.8) is 0 Å². The maximum atomic E-state index is 11.0. The lowest BCUT2D eigenvalue weighted by molar-refractivity contribution is 0.111. The summed E-state index contributed by atoms with van der Waals surface area (Å²) in [6.45, 7) is 4.59. The predicted molar refractivity (Wildman–Crippen MR) is 82.6 cm³/mol. The third kappa shape index (κ3) is 3.84. The van der Waals surface area contributed by atoms with E-state index in [0.29, 0.717) is 18.7 Å². The van der Waals surface area contributed by atoms with Gasteiger partial charge in [-0.05, 0) is 51.0 Å². The Balaban J connectivity index is 1.88. The highest BCUT2D eigenvalue weighted by Gasteiger charge is 2.13. The number of hydrogen-bond acceptors (Lipinski definition) is 5. The number of rotatable bonds is 8. The minimum absolute atomic E-state index is 0.179. The van der Waals surface area contributed by atoms with Gasteiger partial charge >= 0.3 is 0 Å². The molecule has 0 amide bonds. The van der Waals surface area contributed by atoms with Gasteiger partial charge in [0, 0.05) is 6.04 Å². The van der Waals surface area contributed by atoms with Gasteiger partial charge in [-0.15, -0.1) is 5.10 Å². The van der Waals surface area contributed by atoms with Crippen molar-refractivity contribution in [1.82, 2.24) is 15.0 Å². The molecule has 6 heteroatoms. The van der Waals surface area contributed by atoms with Gasteiger partial charge in [-0.1, -0.05) is 5.21 Å². The molecule has 6 nitrogen and oxygen atoms in total. The van der Waals surface area contributed by atoms with Gasteiger partial charge in [0.25, 0.3) is 0 Å². The third-order valence-corrected chi connectivity index (χ3v) is 3.31. The molecule has 0 unspecified atom stereocenters. The Hall–Kier alpha value is -2.37. The maximum Gasteiger partial charge on any atom is 0.172 e. The maximum absolute atomic E-state index is 11.0. The molecule has 0 atom stereocenters. The van der Waals surface area contributed by atoms with Crippen LogP contribution in [-0.4, -0.2) is 35.0 Å².